The molecule has 0 saturated carbocycles. The van der Waals surface area contributed by atoms with E-state index < -0.39 is 5.97 Å². The Morgan fingerprint density at radius 3 is 2.90 bits per heavy atom. The van der Waals surface area contributed by atoms with E-state index in [2.05, 4.69) is 19.8 Å². The zero-order chi connectivity index (χ0) is 15.0. The highest BCUT2D eigenvalue weighted by Crippen LogP contribution is 2.36. The maximum absolute atomic E-state index is 11.1. The van der Waals surface area contributed by atoms with E-state index in [9.17, 15) is 4.79 Å². The van der Waals surface area contributed by atoms with Crippen LogP contribution in [0.4, 0.5) is 5.69 Å². The lowest BCUT2D eigenvalue weighted by Crippen LogP contribution is -1.95. The molecule has 102 valence electrons. The average molecular weight is 296 g/mol. The highest BCUT2D eigenvalue weighted by atomic mass is 32.1. The number of nitrogens with zero attached hydrogens (tertiary/aromatic N) is 2. The van der Waals surface area contributed by atoms with Gasteiger partial charge in [0.05, 0.1) is 35.2 Å². The van der Waals surface area contributed by atoms with Crippen molar-refractivity contribution in [1.29, 1.82) is 0 Å². The van der Waals surface area contributed by atoms with Gasteiger partial charge < -0.3 is 15.1 Å². The standard InChI is InChI=1S/C14H8N4O2S/c1-15-10-9(7-3-2-4-8(5-7)14(19)20)18-12-11(10)16-6-17-13(12)21/h2-6,18H,(H,19,20)(H,16,17,21). The van der Waals surface area contributed by atoms with Gasteiger partial charge in [-0.05, 0) is 17.7 Å². The van der Waals surface area contributed by atoms with Crippen LogP contribution in [0.2, 0.25) is 0 Å². The number of benzene rings is 1. The molecule has 0 aliphatic heterocycles. The number of hydrogen-bond donors (Lipinski definition) is 3. The zero-order valence-electron chi connectivity index (χ0n) is 10.5. The first kappa shape index (κ1) is 13.0. The molecule has 0 saturated heterocycles. The number of carboxylic acid groups (broad SMARTS) is 1. The summed E-state index contributed by atoms with van der Waals surface area (Å²) in [5.74, 6) is -1.02. The van der Waals surface area contributed by atoms with Gasteiger partial charge in [-0.3, -0.25) is 0 Å². The second-order valence-corrected chi connectivity index (χ2v) is 4.69. The van der Waals surface area contributed by atoms with Gasteiger partial charge in [0.1, 0.15) is 0 Å². The topological polar surface area (TPSA) is 86.1 Å². The van der Waals surface area contributed by atoms with Gasteiger partial charge in [-0.2, -0.15) is 0 Å². The van der Waals surface area contributed by atoms with E-state index in [-0.39, 0.29) is 5.56 Å². The number of rotatable bonds is 2. The molecule has 21 heavy (non-hydrogen) atoms. The van der Waals surface area contributed by atoms with E-state index in [1.807, 2.05) is 0 Å². The molecule has 1 aromatic carbocycles. The van der Waals surface area contributed by atoms with Gasteiger partial charge >= 0.3 is 5.97 Å². The summed E-state index contributed by atoms with van der Waals surface area (Å²) in [7, 11) is 0. The fraction of sp³-hybridized carbons (Fsp3) is 0. The molecule has 0 atom stereocenters. The molecule has 0 spiro atoms. The van der Waals surface area contributed by atoms with Crippen LogP contribution in [0.3, 0.4) is 0 Å². The molecule has 0 radical (unpaired) electrons. The Bertz CT molecular complexity index is 965. The number of H-pyrrole nitrogens is 2. The minimum absolute atomic E-state index is 0.155. The van der Waals surface area contributed by atoms with Gasteiger partial charge in [0.2, 0.25) is 5.69 Å². The van der Waals surface area contributed by atoms with Crippen molar-refractivity contribution in [1.82, 2.24) is 15.0 Å². The molecule has 0 unspecified atom stereocenters. The van der Waals surface area contributed by atoms with E-state index in [1.54, 1.807) is 12.1 Å². The number of aromatic nitrogens is 3. The van der Waals surface area contributed by atoms with Gasteiger partial charge in [0.25, 0.3) is 0 Å². The number of carbonyl (C=O) groups is 1. The molecule has 3 N–H and O–H groups in total. The predicted octanol–water partition coefficient (Wildman–Crippen LogP) is 3.54. The molecule has 0 fully saturated rings. The van der Waals surface area contributed by atoms with E-state index >= 15 is 0 Å². The van der Waals surface area contributed by atoms with Crippen molar-refractivity contribution in [3.05, 3.63) is 52.2 Å². The summed E-state index contributed by atoms with van der Waals surface area (Å²) in [4.78, 5) is 24.5. The molecule has 0 amide bonds. The van der Waals surface area contributed by atoms with E-state index in [0.717, 1.165) is 0 Å². The summed E-state index contributed by atoms with van der Waals surface area (Å²) < 4.78 is 0.356. The van der Waals surface area contributed by atoms with Gasteiger partial charge in [0.15, 0.2) is 4.64 Å². The van der Waals surface area contributed by atoms with Crippen molar-refractivity contribution in [3.63, 3.8) is 0 Å². The van der Waals surface area contributed by atoms with Gasteiger partial charge in [0, 0.05) is 0 Å². The fourth-order valence-electron chi connectivity index (χ4n) is 2.14. The molecule has 7 heteroatoms. The van der Waals surface area contributed by atoms with Crippen molar-refractivity contribution < 1.29 is 9.90 Å². The number of aromatic carboxylic acids is 1. The lowest BCUT2D eigenvalue weighted by Gasteiger charge is -2.01. The third kappa shape index (κ3) is 2.07. The largest absolute Gasteiger partial charge is 0.478 e. The van der Waals surface area contributed by atoms with Crippen molar-refractivity contribution in [3.8, 4) is 11.3 Å². The fourth-order valence-corrected chi connectivity index (χ4v) is 2.35. The number of nitrogens with one attached hydrogen (secondary N) is 2. The molecular formula is C14H8N4O2S. The Morgan fingerprint density at radius 2 is 2.19 bits per heavy atom. The summed E-state index contributed by atoms with van der Waals surface area (Å²) in [6, 6.07) is 6.38. The maximum atomic E-state index is 11.1. The van der Waals surface area contributed by atoms with Crippen molar-refractivity contribution in [2.24, 2.45) is 0 Å². The molecule has 6 nitrogen and oxygen atoms in total. The summed E-state index contributed by atoms with van der Waals surface area (Å²) in [5, 5.41) is 9.06. The third-order valence-electron chi connectivity index (χ3n) is 3.09. The second-order valence-electron chi connectivity index (χ2n) is 4.30. The van der Waals surface area contributed by atoms with Crippen molar-refractivity contribution in [2.45, 2.75) is 0 Å². The normalized spacial score (nSPS) is 10.4. The minimum atomic E-state index is -1.02. The molecular weight excluding hydrogens is 288 g/mol. The lowest BCUT2D eigenvalue weighted by molar-refractivity contribution is 0.0697. The van der Waals surface area contributed by atoms with Gasteiger partial charge in [-0.25, -0.2) is 14.6 Å². The summed E-state index contributed by atoms with van der Waals surface area (Å²) in [6.07, 6.45) is 1.44. The summed E-state index contributed by atoms with van der Waals surface area (Å²) >= 11 is 5.13. The van der Waals surface area contributed by atoms with Crippen LogP contribution in [0.1, 0.15) is 10.4 Å². The SMILES string of the molecule is [C-]#[N+]c1c(-c2cccc(C(=O)O)c2)[nH]c2c(=S)nc[nH]c12. The van der Waals surface area contributed by atoms with Crippen LogP contribution in [0, 0.1) is 11.2 Å². The van der Waals surface area contributed by atoms with Crippen LogP contribution in [-0.2, 0) is 0 Å². The van der Waals surface area contributed by atoms with Crippen molar-refractivity contribution in [2.75, 3.05) is 0 Å². The number of hydrogen-bond acceptors (Lipinski definition) is 3. The van der Waals surface area contributed by atoms with Crippen molar-refractivity contribution >= 4 is 34.9 Å². The van der Waals surface area contributed by atoms with Crippen LogP contribution in [-0.4, -0.2) is 26.0 Å². The quantitative estimate of drug-likeness (QED) is 0.498. The Kier molecular flexibility index (Phi) is 3.01. The second kappa shape index (κ2) is 4.85. The minimum Gasteiger partial charge on any atom is -0.478 e. The smallest absolute Gasteiger partial charge is 0.335 e. The molecule has 2 heterocycles. The Labute approximate surface area is 123 Å². The van der Waals surface area contributed by atoms with Crippen LogP contribution >= 0.6 is 12.2 Å². The molecule has 0 aliphatic rings. The first-order valence-corrected chi connectivity index (χ1v) is 6.33. The molecule has 3 aromatic rings. The van der Waals surface area contributed by atoms with Crippen LogP contribution in [0.5, 0.6) is 0 Å². The molecule has 2 aromatic heterocycles. The third-order valence-corrected chi connectivity index (χ3v) is 3.40. The predicted molar refractivity (Wildman–Crippen MR) is 79.9 cm³/mol. The first-order chi connectivity index (χ1) is 10.1. The van der Waals surface area contributed by atoms with E-state index in [0.29, 0.717) is 32.6 Å². The number of aromatic amines is 2. The Morgan fingerprint density at radius 1 is 1.38 bits per heavy atom. The van der Waals surface area contributed by atoms with Crippen LogP contribution in [0.15, 0.2) is 30.6 Å². The van der Waals surface area contributed by atoms with Gasteiger partial charge in [-0.15, -0.1) is 0 Å². The maximum Gasteiger partial charge on any atom is 0.335 e. The van der Waals surface area contributed by atoms with Crippen LogP contribution < -0.4 is 0 Å². The molecule has 0 aliphatic carbocycles. The number of fused-ring (bicyclic) bond motifs is 1. The molecule has 0 bridgehead atoms. The van der Waals surface area contributed by atoms with E-state index in [1.165, 1.54) is 18.5 Å². The Balaban J connectivity index is 2.33. The van der Waals surface area contributed by atoms with Crippen LogP contribution in [0.25, 0.3) is 27.1 Å². The summed E-state index contributed by atoms with van der Waals surface area (Å²) in [5.41, 5.74) is 2.79. The van der Waals surface area contributed by atoms with E-state index in [4.69, 9.17) is 23.9 Å². The monoisotopic (exact) mass is 296 g/mol. The first-order valence-electron chi connectivity index (χ1n) is 5.92. The summed E-state index contributed by atoms with van der Waals surface area (Å²) in [6.45, 7) is 7.36. The Hall–Kier alpha value is -2.98. The van der Waals surface area contributed by atoms with Gasteiger partial charge in [-0.1, -0.05) is 24.4 Å². The molecule has 3 rings (SSSR count). The number of carboxylic acids is 1. The zero-order valence-corrected chi connectivity index (χ0v) is 11.4. The highest BCUT2D eigenvalue weighted by molar-refractivity contribution is 7.71. The average Bonchev–Trinajstić information content (AvgIpc) is 2.87. The highest BCUT2D eigenvalue weighted by Gasteiger charge is 2.16. The lowest BCUT2D eigenvalue weighted by atomic mass is 10.1.